The van der Waals surface area contributed by atoms with Gasteiger partial charge in [0.2, 0.25) is 5.95 Å². The summed E-state index contributed by atoms with van der Waals surface area (Å²) in [7, 11) is 0. The van der Waals surface area contributed by atoms with Crippen molar-refractivity contribution in [2.45, 2.75) is 55.4 Å². The Morgan fingerprint density at radius 1 is 1.16 bits per heavy atom. The highest BCUT2D eigenvalue weighted by atomic mass is 15.1. The van der Waals surface area contributed by atoms with Gasteiger partial charge in [0.1, 0.15) is 11.5 Å². The number of nitrogens with two attached hydrogens (primary N) is 1. The fourth-order valence-electron chi connectivity index (χ4n) is 1.56. The molecule has 0 unspecified atom stereocenters. The molecule has 25 heavy (non-hydrogen) atoms. The normalized spacial score (nSPS) is 9.52. The molecule has 2 heterocycles. The van der Waals surface area contributed by atoms with E-state index in [-0.39, 0.29) is 0 Å². The molecule has 4 N–H and O–H groups in total. The lowest BCUT2D eigenvalue weighted by atomic mass is 10.3. The summed E-state index contributed by atoms with van der Waals surface area (Å²) in [5.41, 5.74) is 8.54. The molecule has 0 aliphatic rings. The molecule has 2 aromatic rings. The topological polar surface area (TPSA) is 92.0 Å². The van der Waals surface area contributed by atoms with Gasteiger partial charge in [-0.15, -0.1) is 0 Å². The van der Waals surface area contributed by atoms with Gasteiger partial charge < -0.3 is 16.0 Å². The summed E-state index contributed by atoms with van der Waals surface area (Å²) < 4.78 is 0. The molecule has 0 atom stereocenters. The van der Waals surface area contributed by atoms with Gasteiger partial charge in [-0.25, -0.2) is 4.98 Å². The van der Waals surface area contributed by atoms with Crippen molar-refractivity contribution >= 4 is 11.8 Å². The van der Waals surface area contributed by atoms with Gasteiger partial charge >= 0.3 is 0 Å². The van der Waals surface area contributed by atoms with Crippen molar-refractivity contribution in [3.63, 3.8) is 0 Å². The van der Waals surface area contributed by atoms with E-state index in [1.54, 1.807) is 6.20 Å². The molecule has 0 radical (unpaired) electrons. The number of hydrogen-bond acceptors (Lipinski definition) is 4. The zero-order valence-corrected chi connectivity index (χ0v) is 17.1. The molecule has 0 saturated heterocycles. The van der Waals surface area contributed by atoms with Crippen LogP contribution < -0.4 is 11.1 Å². The van der Waals surface area contributed by atoms with Crippen LogP contribution in [0, 0.1) is 13.8 Å². The number of aryl methyl sites for hydroxylation is 2. The summed E-state index contributed by atoms with van der Waals surface area (Å²) in [5, 5.41) is 3.10. The summed E-state index contributed by atoms with van der Waals surface area (Å²) in [4.78, 5) is 15.4. The van der Waals surface area contributed by atoms with Crippen molar-refractivity contribution in [2.24, 2.45) is 10.7 Å². The first kappa shape index (κ1) is 24.9. The molecule has 6 heteroatoms. The van der Waals surface area contributed by atoms with E-state index in [0.717, 1.165) is 29.6 Å². The van der Waals surface area contributed by atoms with Gasteiger partial charge in [-0.1, -0.05) is 33.8 Å². The SMILES string of the molecule is CC.CC.CCN=C(N)c1ccccn1.CCNc1nc(C)c(C)[nH]1. The Hall–Kier alpha value is -2.37. The Kier molecular flexibility index (Phi) is 16.4. The number of H-pyrrole nitrogens is 1. The second-order valence-corrected chi connectivity index (χ2v) is 4.40. The largest absolute Gasteiger partial charge is 0.382 e. The number of imidazole rings is 1. The van der Waals surface area contributed by atoms with Gasteiger partial charge in [-0.05, 0) is 39.8 Å². The fraction of sp³-hybridized carbons (Fsp3) is 0.526. The lowest BCUT2D eigenvalue weighted by Crippen LogP contribution is -2.14. The first-order valence-electron chi connectivity index (χ1n) is 9.06. The lowest BCUT2D eigenvalue weighted by Gasteiger charge is -1.96. The molecular weight excluding hydrogens is 312 g/mol. The van der Waals surface area contributed by atoms with Gasteiger partial charge in [-0.3, -0.25) is 9.98 Å². The van der Waals surface area contributed by atoms with Crippen LogP contribution in [-0.4, -0.2) is 33.9 Å². The maximum absolute atomic E-state index is 5.59. The smallest absolute Gasteiger partial charge is 0.200 e. The summed E-state index contributed by atoms with van der Waals surface area (Å²) >= 11 is 0. The molecule has 0 bridgehead atoms. The van der Waals surface area contributed by atoms with Crippen molar-refractivity contribution in [3.8, 4) is 0 Å². The third-order valence-electron chi connectivity index (χ3n) is 2.73. The standard InChI is InChI=1S/C8H11N3.C7H13N3.2C2H6/c1-2-10-8(9)7-5-3-4-6-11-7;1-4-8-7-9-5(2)6(3)10-7;2*1-2/h3-6H,2H2,1H3,(H2,9,10);4H2,1-3H3,(H2,8,9,10);2*1-2H3. The molecule has 0 saturated carbocycles. The van der Waals surface area contributed by atoms with E-state index in [1.807, 2.05) is 73.6 Å². The predicted octanol–water partition coefficient (Wildman–Crippen LogP) is 4.32. The van der Waals surface area contributed by atoms with Crippen molar-refractivity contribution in [1.29, 1.82) is 0 Å². The molecule has 2 rings (SSSR count). The molecule has 2 aromatic heterocycles. The number of aromatic nitrogens is 3. The van der Waals surface area contributed by atoms with E-state index in [4.69, 9.17) is 5.73 Å². The van der Waals surface area contributed by atoms with Crippen LogP contribution in [0.5, 0.6) is 0 Å². The Bertz CT molecular complexity index is 541. The average molecular weight is 349 g/mol. The molecule has 0 spiro atoms. The second kappa shape index (κ2) is 16.5. The number of nitrogens with one attached hydrogen (secondary N) is 2. The number of anilines is 1. The van der Waals surface area contributed by atoms with E-state index in [1.165, 1.54) is 0 Å². The molecule has 0 aliphatic heterocycles. The third kappa shape index (κ3) is 10.9. The number of rotatable bonds is 4. The summed E-state index contributed by atoms with van der Waals surface area (Å²) in [5.74, 6) is 1.38. The minimum Gasteiger partial charge on any atom is -0.382 e. The zero-order valence-electron chi connectivity index (χ0n) is 17.1. The van der Waals surface area contributed by atoms with E-state index < -0.39 is 0 Å². The van der Waals surface area contributed by atoms with Crippen LogP contribution in [0.3, 0.4) is 0 Å². The number of aliphatic imine (C=N–C) groups is 1. The van der Waals surface area contributed by atoms with E-state index in [9.17, 15) is 0 Å². The molecular formula is C19H36N6. The first-order chi connectivity index (χ1) is 12.1. The quantitative estimate of drug-likeness (QED) is 0.567. The van der Waals surface area contributed by atoms with Gasteiger partial charge in [0.05, 0.1) is 5.69 Å². The van der Waals surface area contributed by atoms with Crippen LogP contribution in [0.2, 0.25) is 0 Å². The Morgan fingerprint density at radius 2 is 1.80 bits per heavy atom. The molecule has 6 nitrogen and oxygen atoms in total. The van der Waals surface area contributed by atoms with Gasteiger partial charge in [0.15, 0.2) is 0 Å². The first-order valence-corrected chi connectivity index (χ1v) is 9.06. The molecule has 0 fully saturated rings. The number of hydrogen-bond donors (Lipinski definition) is 3. The van der Waals surface area contributed by atoms with Crippen molar-refractivity contribution in [2.75, 3.05) is 18.4 Å². The molecule has 0 aromatic carbocycles. The van der Waals surface area contributed by atoms with Gasteiger partial charge in [0, 0.05) is 25.0 Å². The summed E-state index contributed by atoms with van der Waals surface area (Å²) in [6.45, 7) is 17.6. The summed E-state index contributed by atoms with van der Waals surface area (Å²) in [6.07, 6.45) is 1.70. The van der Waals surface area contributed by atoms with Crippen molar-refractivity contribution < 1.29 is 0 Å². The van der Waals surface area contributed by atoms with E-state index in [2.05, 4.69) is 25.3 Å². The number of pyridine rings is 1. The minimum atomic E-state index is 0.508. The van der Waals surface area contributed by atoms with Crippen LogP contribution in [0.15, 0.2) is 29.4 Å². The van der Waals surface area contributed by atoms with Crippen LogP contribution >= 0.6 is 0 Å². The average Bonchev–Trinajstić information content (AvgIpc) is 2.98. The zero-order chi connectivity index (χ0) is 19.7. The highest BCUT2D eigenvalue weighted by Crippen LogP contribution is 2.05. The molecule has 0 aliphatic carbocycles. The Labute approximate surface area is 153 Å². The van der Waals surface area contributed by atoms with Gasteiger partial charge in [-0.2, -0.15) is 0 Å². The van der Waals surface area contributed by atoms with E-state index in [0.29, 0.717) is 12.4 Å². The maximum Gasteiger partial charge on any atom is 0.200 e. The van der Waals surface area contributed by atoms with Crippen molar-refractivity contribution in [3.05, 3.63) is 41.5 Å². The number of aromatic amines is 1. The highest BCUT2D eigenvalue weighted by Gasteiger charge is 1.98. The highest BCUT2D eigenvalue weighted by molar-refractivity contribution is 5.95. The van der Waals surface area contributed by atoms with Crippen LogP contribution in [0.4, 0.5) is 5.95 Å². The second-order valence-electron chi connectivity index (χ2n) is 4.40. The third-order valence-corrected chi connectivity index (χ3v) is 2.73. The van der Waals surface area contributed by atoms with Crippen molar-refractivity contribution in [1.82, 2.24) is 15.0 Å². The fourth-order valence-corrected chi connectivity index (χ4v) is 1.56. The van der Waals surface area contributed by atoms with Crippen LogP contribution in [0.1, 0.15) is 58.6 Å². The lowest BCUT2D eigenvalue weighted by molar-refractivity contribution is 1.11. The Morgan fingerprint density at radius 3 is 2.20 bits per heavy atom. The van der Waals surface area contributed by atoms with Gasteiger partial charge in [0.25, 0.3) is 0 Å². The summed E-state index contributed by atoms with van der Waals surface area (Å²) in [6, 6.07) is 5.58. The maximum atomic E-state index is 5.59. The number of nitrogens with zero attached hydrogens (tertiary/aromatic N) is 3. The van der Waals surface area contributed by atoms with Crippen LogP contribution in [0.25, 0.3) is 0 Å². The monoisotopic (exact) mass is 348 g/mol. The molecule has 0 amide bonds. The minimum absolute atomic E-state index is 0.508. The Balaban J connectivity index is 0. The van der Waals surface area contributed by atoms with Crippen LogP contribution in [-0.2, 0) is 0 Å². The molecule has 142 valence electrons. The predicted molar refractivity (Wildman–Crippen MR) is 110 cm³/mol. The van der Waals surface area contributed by atoms with E-state index >= 15 is 0 Å². The number of amidine groups is 1.